The van der Waals surface area contributed by atoms with Crippen LogP contribution in [0.4, 0.5) is 0 Å². The molecule has 0 aliphatic carbocycles. The molecule has 90 valence electrons. The quantitative estimate of drug-likeness (QED) is 0.342. The van der Waals surface area contributed by atoms with Crippen LogP contribution in [0.25, 0.3) is 21.5 Å². The van der Waals surface area contributed by atoms with Crippen LogP contribution < -0.4 is 5.19 Å². The van der Waals surface area contributed by atoms with Gasteiger partial charge in [0, 0.05) is 0 Å². The predicted octanol–water partition coefficient (Wildman–Crippen LogP) is 4.86. The minimum absolute atomic E-state index is 0.863. The summed E-state index contributed by atoms with van der Waals surface area (Å²) in [6.45, 7) is 0. The van der Waals surface area contributed by atoms with Crippen LogP contribution in [0.1, 0.15) is 0 Å². The standard InChI is InChI=1S/C14H9Cl3Si/c15-18(16,17)14-9-10-5-1-2-6-11(10)12-7-3-4-8-13(12)14/h1-9H. The zero-order chi connectivity index (χ0) is 12.8. The highest BCUT2D eigenvalue weighted by atomic mass is 35.8. The van der Waals surface area contributed by atoms with Crippen LogP contribution in [-0.2, 0) is 0 Å². The maximum atomic E-state index is 6.21. The van der Waals surface area contributed by atoms with Gasteiger partial charge in [0.15, 0.2) is 0 Å². The normalized spacial score (nSPS) is 12.2. The molecule has 0 radical (unpaired) electrons. The lowest BCUT2D eigenvalue weighted by molar-refractivity contribution is 1.78. The molecule has 18 heavy (non-hydrogen) atoms. The Bertz CT molecular complexity index is 732. The van der Waals surface area contributed by atoms with Gasteiger partial charge in [-0.3, -0.25) is 0 Å². The summed E-state index contributed by atoms with van der Waals surface area (Å²) in [5, 5.41) is 5.36. The Balaban J connectivity index is 2.55. The van der Waals surface area contributed by atoms with Gasteiger partial charge in [-0.15, -0.1) is 33.2 Å². The lowest BCUT2D eigenvalue weighted by Gasteiger charge is -2.14. The van der Waals surface area contributed by atoms with E-state index >= 15 is 0 Å². The molecule has 0 aliphatic heterocycles. The van der Waals surface area contributed by atoms with Crippen molar-refractivity contribution in [3.8, 4) is 0 Å². The van der Waals surface area contributed by atoms with Crippen molar-refractivity contribution in [1.82, 2.24) is 0 Å². The van der Waals surface area contributed by atoms with Gasteiger partial charge in [-0.1, -0.05) is 54.6 Å². The van der Waals surface area contributed by atoms with Gasteiger partial charge in [0.25, 0.3) is 0 Å². The minimum atomic E-state index is -2.90. The molecule has 0 N–H and O–H groups in total. The van der Waals surface area contributed by atoms with Gasteiger partial charge in [0.2, 0.25) is 0 Å². The van der Waals surface area contributed by atoms with Crippen LogP contribution >= 0.6 is 33.2 Å². The average molecular weight is 312 g/mol. The molecular weight excluding hydrogens is 303 g/mol. The van der Waals surface area contributed by atoms with Crippen molar-refractivity contribution in [1.29, 1.82) is 0 Å². The monoisotopic (exact) mass is 310 g/mol. The first-order valence-corrected chi connectivity index (χ1v) is 10.6. The van der Waals surface area contributed by atoms with Gasteiger partial charge in [-0.05, 0) is 26.7 Å². The number of hydrogen-bond acceptors (Lipinski definition) is 0. The summed E-state index contributed by atoms with van der Waals surface area (Å²) in [4.78, 5) is 0. The highest BCUT2D eigenvalue weighted by molar-refractivity contribution is 7.69. The van der Waals surface area contributed by atoms with Crippen molar-refractivity contribution >= 4 is 66.0 Å². The number of fused-ring (bicyclic) bond motifs is 3. The molecule has 0 nitrogen and oxygen atoms in total. The maximum absolute atomic E-state index is 6.21. The van der Waals surface area contributed by atoms with E-state index in [1.807, 2.05) is 36.4 Å². The van der Waals surface area contributed by atoms with E-state index in [9.17, 15) is 0 Å². The fourth-order valence-electron chi connectivity index (χ4n) is 2.29. The second-order valence-electron chi connectivity index (χ2n) is 4.19. The van der Waals surface area contributed by atoms with Crippen LogP contribution in [-0.4, -0.2) is 6.00 Å². The molecule has 0 aliphatic rings. The molecule has 0 bridgehead atoms. The first-order valence-electron chi connectivity index (χ1n) is 5.55. The van der Waals surface area contributed by atoms with Crippen molar-refractivity contribution in [3.63, 3.8) is 0 Å². The summed E-state index contributed by atoms with van der Waals surface area (Å²) in [5.41, 5.74) is 0. The molecule has 3 aromatic rings. The maximum Gasteiger partial charge on any atom is 0.373 e. The Morgan fingerprint density at radius 3 is 1.89 bits per heavy atom. The van der Waals surface area contributed by atoms with E-state index < -0.39 is 6.00 Å². The Morgan fingerprint density at radius 2 is 1.22 bits per heavy atom. The van der Waals surface area contributed by atoms with E-state index in [4.69, 9.17) is 33.2 Å². The van der Waals surface area contributed by atoms with E-state index in [1.165, 1.54) is 5.39 Å². The number of hydrogen-bond donors (Lipinski definition) is 0. The van der Waals surface area contributed by atoms with Gasteiger partial charge in [-0.2, -0.15) is 0 Å². The summed E-state index contributed by atoms with van der Waals surface area (Å²) >= 11 is 18.6. The van der Waals surface area contributed by atoms with Gasteiger partial charge >= 0.3 is 6.00 Å². The summed E-state index contributed by atoms with van der Waals surface area (Å²) in [6, 6.07) is 15.4. The van der Waals surface area contributed by atoms with E-state index in [0.29, 0.717) is 0 Å². The molecular formula is C14H9Cl3Si. The van der Waals surface area contributed by atoms with Crippen LogP contribution in [0.15, 0.2) is 54.6 Å². The minimum Gasteiger partial charge on any atom is -0.121 e. The van der Waals surface area contributed by atoms with E-state index in [-0.39, 0.29) is 0 Å². The second-order valence-corrected chi connectivity index (χ2v) is 12.6. The zero-order valence-corrected chi connectivity index (χ0v) is 12.6. The zero-order valence-electron chi connectivity index (χ0n) is 9.33. The van der Waals surface area contributed by atoms with Crippen LogP contribution in [0.2, 0.25) is 0 Å². The lowest BCUT2D eigenvalue weighted by Crippen LogP contribution is -2.30. The Kier molecular flexibility index (Phi) is 3.03. The molecule has 0 spiro atoms. The van der Waals surface area contributed by atoms with Gasteiger partial charge in [0.1, 0.15) is 0 Å². The smallest absolute Gasteiger partial charge is 0.121 e. The molecule has 0 unspecified atom stereocenters. The van der Waals surface area contributed by atoms with E-state index in [0.717, 1.165) is 21.3 Å². The molecule has 0 amide bonds. The fourth-order valence-corrected chi connectivity index (χ4v) is 4.54. The first kappa shape index (κ1) is 12.3. The number of benzene rings is 3. The lowest BCUT2D eigenvalue weighted by atomic mass is 10.0. The van der Waals surface area contributed by atoms with Crippen LogP contribution in [0.3, 0.4) is 0 Å². The summed E-state index contributed by atoms with van der Waals surface area (Å²) in [7, 11) is 0. The highest BCUT2D eigenvalue weighted by Gasteiger charge is 2.30. The molecule has 4 heteroatoms. The van der Waals surface area contributed by atoms with Crippen molar-refractivity contribution < 1.29 is 0 Å². The van der Waals surface area contributed by atoms with Crippen LogP contribution in [0, 0.1) is 0 Å². The molecule has 0 fully saturated rings. The van der Waals surface area contributed by atoms with Crippen LogP contribution in [0.5, 0.6) is 0 Å². The summed E-state index contributed by atoms with van der Waals surface area (Å²) in [5.74, 6) is 0. The Labute approximate surface area is 120 Å². The topological polar surface area (TPSA) is 0 Å². The molecule has 3 aromatic carbocycles. The molecule has 0 aromatic heterocycles. The SMILES string of the molecule is Cl[Si](Cl)(Cl)c1cc2ccccc2c2ccccc12. The predicted molar refractivity (Wildman–Crippen MR) is 84.4 cm³/mol. The Morgan fingerprint density at radius 1 is 0.667 bits per heavy atom. The third-order valence-corrected chi connectivity index (χ3v) is 5.93. The van der Waals surface area contributed by atoms with Crippen molar-refractivity contribution in [2.75, 3.05) is 0 Å². The Hall–Kier alpha value is -0.733. The molecule has 0 saturated heterocycles. The summed E-state index contributed by atoms with van der Waals surface area (Å²) < 4.78 is 0. The molecule has 3 rings (SSSR count). The van der Waals surface area contributed by atoms with Gasteiger partial charge in [-0.25, -0.2) is 0 Å². The average Bonchev–Trinajstić information content (AvgIpc) is 2.37. The van der Waals surface area contributed by atoms with Gasteiger partial charge < -0.3 is 0 Å². The fraction of sp³-hybridized carbons (Fsp3) is 0. The van der Waals surface area contributed by atoms with Crippen molar-refractivity contribution in [2.24, 2.45) is 0 Å². The number of rotatable bonds is 1. The number of halogens is 3. The third-order valence-electron chi connectivity index (χ3n) is 3.07. The first-order chi connectivity index (χ1) is 8.57. The second kappa shape index (κ2) is 4.43. The van der Waals surface area contributed by atoms with Crippen molar-refractivity contribution in [3.05, 3.63) is 54.6 Å². The third kappa shape index (κ3) is 2.02. The van der Waals surface area contributed by atoms with E-state index in [1.54, 1.807) is 0 Å². The molecule has 0 heterocycles. The van der Waals surface area contributed by atoms with Crippen molar-refractivity contribution in [2.45, 2.75) is 0 Å². The largest absolute Gasteiger partial charge is 0.373 e. The van der Waals surface area contributed by atoms with Gasteiger partial charge in [0.05, 0.1) is 0 Å². The summed E-state index contributed by atoms with van der Waals surface area (Å²) in [6.07, 6.45) is 0. The molecule has 0 saturated carbocycles. The van der Waals surface area contributed by atoms with E-state index in [2.05, 4.69) is 18.2 Å². The molecule has 0 atom stereocenters. The highest BCUT2D eigenvalue weighted by Crippen LogP contribution is 2.29.